The van der Waals surface area contributed by atoms with Gasteiger partial charge >= 0.3 is 0 Å². The smallest absolute Gasteiger partial charge is 0.125 e. The average Bonchev–Trinajstić information content (AvgIpc) is 2.14. The van der Waals surface area contributed by atoms with Gasteiger partial charge in [0.1, 0.15) is 5.82 Å². The van der Waals surface area contributed by atoms with Crippen molar-refractivity contribution in [2.75, 3.05) is 11.9 Å². The van der Waals surface area contributed by atoms with E-state index in [-0.39, 0.29) is 18.5 Å². The Kier molecular flexibility index (Phi) is 3.71. The number of benzene rings is 1. The van der Waals surface area contributed by atoms with Crippen LogP contribution in [0.1, 0.15) is 13.3 Å². The molecule has 2 nitrogen and oxygen atoms in total. The van der Waals surface area contributed by atoms with Crippen LogP contribution in [0, 0.1) is 5.82 Å². The predicted octanol–water partition coefficient (Wildman–Crippen LogP) is 2.01. The SMILES string of the molecule is CCC(CO)Nc1cccc(F)c1. The minimum atomic E-state index is -0.266. The van der Waals surface area contributed by atoms with E-state index in [1.54, 1.807) is 12.1 Å². The molecule has 0 aliphatic heterocycles. The third-order valence-electron chi connectivity index (χ3n) is 1.91. The number of nitrogens with one attached hydrogen (secondary N) is 1. The van der Waals surface area contributed by atoms with Gasteiger partial charge in [0, 0.05) is 11.7 Å². The van der Waals surface area contributed by atoms with Gasteiger partial charge in [-0.15, -0.1) is 0 Å². The van der Waals surface area contributed by atoms with E-state index in [0.717, 1.165) is 6.42 Å². The van der Waals surface area contributed by atoms with Crippen LogP contribution in [-0.2, 0) is 0 Å². The highest BCUT2D eigenvalue weighted by Crippen LogP contribution is 2.11. The molecule has 0 saturated carbocycles. The maximum Gasteiger partial charge on any atom is 0.125 e. The van der Waals surface area contributed by atoms with Crippen molar-refractivity contribution in [3.05, 3.63) is 30.1 Å². The minimum Gasteiger partial charge on any atom is -0.394 e. The van der Waals surface area contributed by atoms with Gasteiger partial charge < -0.3 is 10.4 Å². The Labute approximate surface area is 77.4 Å². The second-order valence-electron chi connectivity index (χ2n) is 2.94. The zero-order valence-electron chi connectivity index (χ0n) is 7.63. The molecule has 1 aromatic carbocycles. The van der Waals surface area contributed by atoms with Crippen LogP contribution in [0.25, 0.3) is 0 Å². The van der Waals surface area contributed by atoms with E-state index in [1.165, 1.54) is 12.1 Å². The standard InChI is InChI=1S/C10H14FNO/c1-2-9(7-13)12-10-5-3-4-8(11)6-10/h3-6,9,12-13H,2,7H2,1H3. The molecule has 0 aliphatic rings. The first-order valence-corrected chi connectivity index (χ1v) is 4.39. The molecule has 2 N–H and O–H groups in total. The molecule has 0 amide bonds. The molecule has 1 rings (SSSR count). The lowest BCUT2D eigenvalue weighted by molar-refractivity contribution is 0.272. The average molecular weight is 183 g/mol. The zero-order valence-corrected chi connectivity index (χ0v) is 7.63. The Morgan fingerprint density at radius 2 is 2.31 bits per heavy atom. The minimum absolute atomic E-state index is 0.00167. The van der Waals surface area contributed by atoms with Gasteiger partial charge in [0.15, 0.2) is 0 Å². The Hall–Kier alpha value is -1.09. The predicted molar refractivity (Wildman–Crippen MR) is 51.2 cm³/mol. The summed E-state index contributed by atoms with van der Waals surface area (Å²) in [6.45, 7) is 2.03. The summed E-state index contributed by atoms with van der Waals surface area (Å²) in [5.74, 6) is -0.266. The van der Waals surface area contributed by atoms with Crippen molar-refractivity contribution in [3.63, 3.8) is 0 Å². The van der Waals surface area contributed by atoms with Crippen LogP contribution in [-0.4, -0.2) is 17.8 Å². The second-order valence-corrected chi connectivity index (χ2v) is 2.94. The maximum absolute atomic E-state index is 12.7. The largest absolute Gasteiger partial charge is 0.394 e. The maximum atomic E-state index is 12.7. The topological polar surface area (TPSA) is 32.3 Å². The number of hydrogen-bond acceptors (Lipinski definition) is 2. The summed E-state index contributed by atoms with van der Waals surface area (Å²) in [5, 5.41) is 11.9. The first-order chi connectivity index (χ1) is 6.26. The zero-order chi connectivity index (χ0) is 9.68. The molecule has 1 unspecified atom stereocenters. The Morgan fingerprint density at radius 1 is 1.54 bits per heavy atom. The van der Waals surface area contributed by atoms with Gasteiger partial charge in [0.2, 0.25) is 0 Å². The molecule has 0 heterocycles. The number of hydrogen-bond donors (Lipinski definition) is 2. The van der Waals surface area contributed by atoms with Crippen molar-refractivity contribution >= 4 is 5.69 Å². The molecule has 1 atom stereocenters. The molecule has 13 heavy (non-hydrogen) atoms. The Bertz CT molecular complexity index is 261. The van der Waals surface area contributed by atoms with Crippen molar-refractivity contribution in [3.8, 4) is 0 Å². The van der Waals surface area contributed by atoms with Crippen molar-refractivity contribution in [2.45, 2.75) is 19.4 Å². The van der Waals surface area contributed by atoms with Crippen LogP contribution >= 0.6 is 0 Å². The van der Waals surface area contributed by atoms with E-state index in [1.807, 2.05) is 6.92 Å². The highest BCUT2D eigenvalue weighted by atomic mass is 19.1. The van der Waals surface area contributed by atoms with Crippen LogP contribution in [0.3, 0.4) is 0 Å². The van der Waals surface area contributed by atoms with E-state index in [2.05, 4.69) is 5.32 Å². The monoisotopic (exact) mass is 183 g/mol. The molecule has 0 aromatic heterocycles. The van der Waals surface area contributed by atoms with E-state index in [4.69, 9.17) is 5.11 Å². The number of aliphatic hydroxyl groups excluding tert-OH is 1. The van der Waals surface area contributed by atoms with Gasteiger partial charge in [-0.05, 0) is 24.6 Å². The fraction of sp³-hybridized carbons (Fsp3) is 0.400. The van der Waals surface area contributed by atoms with Gasteiger partial charge in [-0.25, -0.2) is 4.39 Å². The molecule has 0 bridgehead atoms. The fourth-order valence-electron chi connectivity index (χ4n) is 1.09. The summed E-state index contributed by atoms with van der Waals surface area (Å²) >= 11 is 0. The molecule has 72 valence electrons. The number of rotatable bonds is 4. The van der Waals surface area contributed by atoms with Gasteiger partial charge in [0.25, 0.3) is 0 Å². The molecule has 0 spiro atoms. The summed E-state index contributed by atoms with van der Waals surface area (Å²) < 4.78 is 12.7. The van der Waals surface area contributed by atoms with Gasteiger partial charge in [-0.1, -0.05) is 13.0 Å². The number of anilines is 1. The summed E-state index contributed by atoms with van der Waals surface area (Å²) in [6, 6.07) is 6.23. The molecule has 3 heteroatoms. The van der Waals surface area contributed by atoms with Gasteiger partial charge in [0.05, 0.1) is 6.61 Å². The van der Waals surface area contributed by atoms with Crippen molar-refractivity contribution in [2.24, 2.45) is 0 Å². The highest BCUT2D eigenvalue weighted by Gasteiger charge is 2.03. The summed E-state index contributed by atoms with van der Waals surface area (Å²) in [6.07, 6.45) is 0.813. The quantitative estimate of drug-likeness (QED) is 0.748. The Morgan fingerprint density at radius 3 is 2.85 bits per heavy atom. The number of halogens is 1. The summed E-state index contributed by atoms with van der Waals surface area (Å²) in [7, 11) is 0. The van der Waals surface area contributed by atoms with Crippen LogP contribution in [0.15, 0.2) is 24.3 Å². The molecule has 0 aliphatic carbocycles. The highest BCUT2D eigenvalue weighted by molar-refractivity contribution is 5.43. The van der Waals surface area contributed by atoms with Crippen molar-refractivity contribution in [1.82, 2.24) is 0 Å². The lowest BCUT2D eigenvalue weighted by Gasteiger charge is -2.15. The van der Waals surface area contributed by atoms with E-state index < -0.39 is 0 Å². The normalized spacial score (nSPS) is 12.5. The lowest BCUT2D eigenvalue weighted by Crippen LogP contribution is -2.22. The molecular weight excluding hydrogens is 169 g/mol. The van der Waals surface area contributed by atoms with Crippen LogP contribution in [0.2, 0.25) is 0 Å². The number of aliphatic hydroxyl groups is 1. The third-order valence-corrected chi connectivity index (χ3v) is 1.91. The first kappa shape index (κ1) is 9.99. The summed E-state index contributed by atoms with van der Waals surface area (Å²) in [4.78, 5) is 0. The molecule has 0 radical (unpaired) electrons. The van der Waals surface area contributed by atoms with E-state index in [0.29, 0.717) is 5.69 Å². The third kappa shape index (κ3) is 3.03. The van der Waals surface area contributed by atoms with Gasteiger partial charge in [-0.3, -0.25) is 0 Å². The molecule has 0 saturated heterocycles. The van der Waals surface area contributed by atoms with E-state index in [9.17, 15) is 4.39 Å². The van der Waals surface area contributed by atoms with Crippen LogP contribution in [0.5, 0.6) is 0 Å². The van der Waals surface area contributed by atoms with Crippen molar-refractivity contribution < 1.29 is 9.50 Å². The first-order valence-electron chi connectivity index (χ1n) is 4.39. The molecule has 0 fully saturated rings. The van der Waals surface area contributed by atoms with Crippen molar-refractivity contribution in [1.29, 1.82) is 0 Å². The van der Waals surface area contributed by atoms with Gasteiger partial charge in [-0.2, -0.15) is 0 Å². The van der Waals surface area contributed by atoms with Crippen LogP contribution < -0.4 is 5.32 Å². The fourth-order valence-corrected chi connectivity index (χ4v) is 1.09. The molecular formula is C10H14FNO. The molecule has 1 aromatic rings. The Balaban J connectivity index is 2.62. The second kappa shape index (κ2) is 4.82. The lowest BCUT2D eigenvalue weighted by atomic mass is 10.2. The van der Waals surface area contributed by atoms with Crippen LogP contribution in [0.4, 0.5) is 10.1 Å². The van der Waals surface area contributed by atoms with E-state index >= 15 is 0 Å². The summed E-state index contributed by atoms with van der Waals surface area (Å²) in [5.41, 5.74) is 0.709.